The van der Waals surface area contributed by atoms with Gasteiger partial charge in [-0.25, -0.2) is 0 Å². The zero-order valence-corrected chi connectivity index (χ0v) is 9.11. The summed E-state index contributed by atoms with van der Waals surface area (Å²) < 4.78 is 2.97. The van der Waals surface area contributed by atoms with E-state index in [0.29, 0.717) is 0 Å². The van der Waals surface area contributed by atoms with E-state index in [1.807, 2.05) is 17.8 Å². The van der Waals surface area contributed by atoms with Gasteiger partial charge in [-0.15, -0.1) is 0 Å². The highest BCUT2D eigenvalue weighted by molar-refractivity contribution is 14.1. The Hall–Kier alpha value is -0.910. The Morgan fingerprint density at radius 3 is 2.54 bits per heavy atom. The molecule has 0 aliphatic heterocycles. The molecule has 0 aliphatic carbocycles. The Labute approximate surface area is 88.7 Å². The van der Waals surface area contributed by atoms with E-state index < -0.39 is 0 Å². The summed E-state index contributed by atoms with van der Waals surface area (Å²) >= 11 is 2.19. The number of nitrogens with zero attached hydrogens (tertiary/aromatic N) is 1. The molecule has 0 saturated carbocycles. The third-order valence-corrected chi connectivity index (χ3v) is 2.90. The van der Waals surface area contributed by atoms with Crippen LogP contribution in [0.4, 0.5) is 0 Å². The zero-order chi connectivity index (χ0) is 9.59. The first-order valence-electron chi connectivity index (χ1n) is 3.76. The molecule has 4 heteroatoms. The normalized spacial score (nSPS) is 10.9. The minimum Gasteiger partial charge on any atom is -0.504 e. The minimum absolute atomic E-state index is 0.0726. The third-order valence-electron chi connectivity index (χ3n) is 2.04. The first-order chi connectivity index (χ1) is 6.09. The van der Waals surface area contributed by atoms with Crippen molar-refractivity contribution in [2.45, 2.75) is 0 Å². The van der Waals surface area contributed by atoms with Gasteiger partial charge in [0.15, 0.2) is 11.5 Å². The van der Waals surface area contributed by atoms with Gasteiger partial charge in [-0.3, -0.25) is 0 Å². The standard InChI is InChI=1S/C9H8INO2/c1-11-4-6(10)5-2-8(12)9(13)3-7(5)11/h2-4,12-13H,1H3. The molecule has 0 saturated heterocycles. The first kappa shape index (κ1) is 8.68. The summed E-state index contributed by atoms with van der Waals surface area (Å²) in [7, 11) is 1.90. The monoisotopic (exact) mass is 289 g/mol. The topological polar surface area (TPSA) is 45.4 Å². The van der Waals surface area contributed by atoms with E-state index >= 15 is 0 Å². The van der Waals surface area contributed by atoms with Gasteiger partial charge in [-0.1, -0.05) is 0 Å². The van der Waals surface area contributed by atoms with E-state index in [2.05, 4.69) is 22.6 Å². The fourth-order valence-corrected chi connectivity index (χ4v) is 2.21. The highest BCUT2D eigenvalue weighted by Crippen LogP contribution is 2.32. The molecule has 0 aliphatic rings. The van der Waals surface area contributed by atoms with Crippen LogP contribution in [0, 0.1) is 3.57 Å². The SMILES string of the molecule is Cn1cc(I)c2cc(O)c(O)cc21. The molecule has 0 unspecified atom stereocenters. The average Bonchev–Trinajstić information content (AvgIpc) is 2.31. The van der Waals surface area contributed by atoms with Crippen molar-refractivity contribution in [1.29, 1.82) is 0 Å². The number of hydrogen-bond acceptors (Lipinski definition) is 2. The van der Waals surface area contributed by atoms with E-state index in [9.17, 15) is 10.2 Å². The second-order valence-corrected chi connectivity index (χ2v) is 4.11. The lowest BCUT2D eigenvalue weighted by molar-refractivity contribution is 0.404. The van der Waals surface area contributed by atoms with Crippen LogP contribution in [-0.2, 0) is 7.05 Å². The largest absolute Gasteiger partial charge is 0.504 e. The number of rotatable bonds is 0. The predicted molar refractivity (Wildman–Crippen MR) is 59.0 cm³/mol. The summed E-state index contributed by atoms with van der Waals surface area (Å²) in [5.41, 5.74) is 0.916. The second kappa shape index (κ2) is 2.80. The molecule has 0 radical (unpaired) electrons. The van der Waals surface area contributed by atoms with Gasteiger partial charge < -0.3 is 14.8 Å². The molecule has 1 aromatic heterocycles. The van der Waals surface area contributed by atoms with Crippen molar-refractivity contribution in [2.75, 3.05) is 0 Å². The van der Waals surface area contributed by atoms with Gasteiger partial charge >= 0.3 is 0 Å². The molecule has 0 amide bonds. The molecule has 2 aromatic rings. The van der Waals surface area contributed by atoms with Crippen LogP contribution in [0.3, 0.4) is 0 Å². The summed E-state index contributed by atoms with van der Waals surface area (Å²) in [5.74, 6) is -0.151. The maximum atomic E-state index is 9.29. The van der Waals surface area contributed by atoms with Crippen molar-refractivity contribution in [3.63, 3.8) is 0 Å². The molecule has 3 nitrogen and oxygen atoms in total. The zero-order valence-electron chi connectivity index (χ0n) is 6.95. The highest BCUT2D eigenvalue weighted by atomic mass is 127. The van der Waals surface area contributed by atoms with Crippen LogP contribution in [-0.4, -0.2) is 14.8 Å². The number of aryl methyl sites for hydroxylation is 1. The molecule has 68 valence electrons. The summed E-state index contributed by atoms with van der Waals surface area (Å²) in [6, 6.07) is 3.14. The first-order valence-corrected chi connectivity index (χ1v) is 4.84. The molecule has 0 spiro atoms. The van der Waals surface area contributed by atoms with Gasteiger partial charge in [0.25, 0.3) is 0 Å². The molecular formula is C9H8INO2. The van der Waals surface area contributed by atoms with E-state index in [1.54, 1.807) is 12.1 Å². The number of aromatic hydroxyl groups is 2. The number of phenols is 2. The summed E-state index contributed by atoms with van der Waals surface area (Å²) in [6.07, 6.45) is 1.95. The van der Waals surface area contributed by atoms with Gasteiger partial charge in [0.1, 0.15) is 0 Å². The average molecular weight is 289 g/mol. The second-order valence-electron chi connectivity index (χ2n) is 2.95. The molecule has 0 bridgehead atoms. The van der Waals surface area contributed by atoms with Gasteiger partial charge in [-0.2, -0.15) is 0 Å². The van der Waals surface area contributed by atoms with Gasteiger partial charge in [0, 0.05) is 28.3 Å². The number of halogens is 1. The van der Waals surface area contributed by atoms with Crippen LogP contribution in [0.2, 0.25) is 0 Å². The Bertz CT molecular complexity index is 434. The fourth-order valence-electron chi connectivity index (χ4n) is 1.36. The molecule has 2 N–H and O–H groups in total. The van der Waals surface area contributed by atoms with Crippen LogP contribution >= 0.6 is 22.6 Å². The van der Waals surface area contributed by atoms with Crippen LogP contribution < -0.4 is 0 Å². The molecule has 1 heterocycles. The van der Waals surface area contributed by atoms with Gasteiger partial charge in [0.05, 0.1) is 5.52 Å². The lowest BCUT2D eigenvalue weighted by Crippen LogP contribution is -1.82. The van der Waals surface area contributed by atoms with E-state index in [4.69, 9.17) is 0 Å². The fraction of sp³-hybridized carbons (Fsp3) is 0.111. The van der Waals surface area contributed by atoms with Crippen LogP contribution in [0.15, 0.2) is 18.3 Å². The Morgan fingerprint density at radius 2 is 1.85 bits per heavy atom. The van der Waals surface area contributed by atoms with E-state index in [0.717, 1.165) is 14.5 Å². The van der Waals surface area contributed by atoms with Crippen molar-refractivity contribution in [2.24, 2.45) is 7.05 Å². The lowest BCUT2D eigenvalue weighted by Gasteiger charge is -1.99. The molecule has 1 aromatic carbocycles. The number of benzene rings is 1. The van der Waals surface area contributed by atoms with Crippen molar-refractivity contribution in [3.05, 3.63) is 21.9 Å². The molecule has 0 atom stereocenters. The van der Waals surface area contributed by atoms with Crippen molar-refractivity contribution in [3.8, 4) is 11.5 Å². The van der Waals surface area contributed by atoms with Gasteiger partial charge in [0.2, 0.25) is 0 Å². The van der Waals surface area contributed by atoms with Crippen LogP contribution in [0.1, 0.15) is 0 Å². The van der Waals surface area contributed by atoms with E-state index in [1.165, 1.54) is 0 Å². The highest BCUT2D eigenvalue weighted by Gasteiger charge is 2.08. The minimum atomic E-state index is -0.0786. The molecule has 2 rings (SSSR count). The Kier molecular flexibility index (Phi) is 1.87. The van der Waals surface area contributed by atoms with Crippen LogP contribution in [0.5, 0.6) is 11.5 Å². The number of phenolic OH excluding ortho intramolecular Hbond substituents is 2. The van der Waals surface area contributed by atoms with E-state index in [-0.39, 0.29) is 11.5 Å². The van der Waals surface area contributed by atoms with Crippen molar-refractivity contribution < 1.29 is 10.2 Å². The van der Waals surface area contributed by atoms with Crippen molar-refractivity contribution >= 4 is 33.5 Å². The third kappa shape index (κ3) is 1.25. The van der Waals surface area contributed by atoms with Gasteiger partial charge in [-0.05, 0) is 28.7 Å². The quantitative estimate of drug-likeness (QED) is 0.577. The number of fused-ring (bicyclic) bond motifs is 1. The maximum Gasteiger partial charge on any atom is 0.159 e. The summed E-state index contributed by atoms with van der Waals surface area (Å²) in [6.45, 7) is 0. The maximum absolute atomic E-state index is 9.29. The molecule has 0 fully saturated rings. The Balaban J connectivity index is 2.91. The number of hydrogen-bond donors (Lipinski definition) is 2. The summed E-state index contributed by atoms with van der Waals surface area (Å²) in [5, 5.41) is 19.5. The molecule has 13 heavy (non-hydrogen) atoms. The predicted octanol–water partition coefficient (Wildman–Crippen LogP) is 2.19. The lowest BCUT2D eigenvalue weighted by atomic mass is 10.2. The molecular weight excluding hydrogens is 281 g/mol. The summed E-state index contributed by atoms with van der Waals surface area (Å²) in [4.78, 5) is 0. The Morgan fingerprint density at radius 1 is 1.23 bits per heavy atom. The van der Waals surface area contributed by atoms with Crippen molar-refractivity contribution in [1.82, 2.24) is 4.57 Å². The smallest absolute Gasteiger partial charge is 0.159 e. The number of aromatic nitrogens is 1. The van der Waals surface area contributed by atoms with Crippen LogP contribution in [0.25, 0.3) is 10.9 Å².